The molecule has 6 nitrogen and oxygen atoms in total. The Labute approximate surface area is 161 Å². The van der Waals surface area contributed by atoms with Crippen LogP contribution in [0.15, 0.2) is 36.4 Å². The minimum atomic E-state index is -0.392. The van der Waals surface area contributed by atoms with Crippen molar-refractivity contribution < 1.29 is 9.90 Å². The second kappa shape index (κ2) is 7.75. The van der Waals surface area contributed by atoms with Crippen molar-refractivity contribution in [2.75, 3.05) is 19.6 Å². The van der Waals surface area contributed by atoms with Crippen LogP contribution in [0.3, 0.4) is 0 Å². The third kappa shape index (κ3) is 3.48. The summed E-state index contributed by atoms with van der Waals surface area (Å²) in [5.74, 6) is -0.0285. The fraction of sp³-hybridized carbons (Fsp3) is 0.333. The number of hydrogen-bond donors (Lipinski definition) is 3. The monoisotopic (exact) mass is 392 g/mol. The third-order valence-electron chi connectivity index (χ3n) is 4.60. The van der Waals surface area contributed by atoms with E-state index in [0.717, 1.165) is 28.1 Å². The lowest BCUT2D eigenvalue weighted by atomic mass is 10.1. The highest BCUT2D eigenvalue weighted by molar-refractivity contribution is 7.20. The predicted octanol–water partition coefficient (Wildman–Crippen LogP) is 2.13. The van der Waals surface area contributed by atoms with E-state index in [2.05, 4.69) is 15.7 Å². The van der Waals surface area contributed by atoms with Gasteiger partial charge in [0.1, 0.15) is 4.83 Å². The number of hydrogen-bond acceptors (Lipinski definition) is 5. The van der Waals surface area contributed by atoms with Crippen molar-refractivity contribution in [1.82, 2.24) is 20.4 Å². The first-order valence-electron chi connectivity index (χ1n) is 8.35. The molecule has 1 fully saturated rings. The number of aryl methyl sites for hydroxylation is 1. The molecule has 1 saturated heterocycles. The van der Waals surface area contributed by atoms with Crippen molar-refractivity contribution in [3.63, 3.8) is 0 Å². The molecular weight excluding hydrogens is 372 g/mol. The summed E-state index contributed by atoms with van der Waals surface area (Å²) in [7, 11) is 0. The summed E-state index contributed by atoms with van der Waals surface area (Å²) in [6.07, 6.45) is -0.392. The molecular formula is C18H21ClN4O2S. The van der Waals surface area contributed by atoms with Crippen LogP contribution in [0, 0.1) is 12.8 Å². The molecule has 26 heavy (non-hydrogen) atoms. The van der Waals surface area contributed by atoms with Gasteiger partial charge in [0.05, 0.1) is 22.4 Å². The highest BCUT2D eigenvalue weighted by Gasteiger charge is 2.25. The van der Waals surface area contributed by atoms with Crippen LogP contribution < -0.4 is 10.6 Å². The number of amides is 1. The molecule has 1 aromatic carbocycles. The van der Waals surface area contributed by atoms with Crippen molar-refractivity contribution in [2.45, 2.75) is 13.0 Å². The maximum Gasteiger partial charge on any atom is 0.261 e. The van der Waals surface area contributed by atoms with Gasteiger partial charge in [0.25, 0.3) is 5.91 Å². The number of para-hydroxylation sites is 1. The van der Waals surface area contributed by atoms with Crippen molar-refractivity contribution in [1.29, 1.82) is 0 Å². The highest BCUT2D eigenvalue weighted by atomic mass is 35.5. The van der Waals surface area contributed by atoms with Gasteiger partial charge in [-0.05, 0) is 25.1 Å². The molecule has 4 rings (SSSR count). The molecule has 138 valence electrons. The first-order valence-corrected chi connectivity index (χ1v) is 9.16. The largest absolute Gasteiger partial charge is 0.391 e. The predicted molar refractivity (Wildman–Crippen MR) is 106 cm³/mol. The highest BCUT2D eigenvalue weighted by Crippen LogP contribution is 2.30. The molecule has 3 N–H and O–H groups in total. The molecule has 0 spiro atoms. The van der Waals surface area contributed by atoms with Crippen molar-refractivity contribution >= 4 is 39.9 Å². The first-order chi connectivity index (χ1) is 12.1. The lowest BCUT2D eigenvalue weighted by molar-refractivity contribution is 0.0931. The molecule has 0 saturated carbocycles. The number of nitrogens with zero attached hydrogens (tertiary/aromatic N) is 2. The fourth-order valence-electron chi connectivity index (χ4n) is 3.14. The Kier molecular flexibility index (Phi) is 5.62. The van der Waals surface area contributed by atoms with Crippen LogP contribution in [0.25, 0.3) is 15.9 Å². The molecule has 0 radical (unpaired) electrons. The van der Waals surface area contributed by atoms with Crippen LogP contribution in [0.4, 0.5) is 0 Å². The first kappa shape index (κ1) is 18.8. The Balaban J connectivity index is 0.00000196. The molecule has 0 bridgehead atoms. The van der Waals surface area contributed by atoms with Crippen LogP contribution in [-0.4, -0.2) is 46.5 Å². The number of aliphatic hydroxyl groups excluding tert-OH is 1. The summed E-state index contributed by atoms with van der Waals surface area (Å²) < 4.78 is 1.89. The summed E-state index contributed by atoms with van der Waals surface area (Å²) in [6, 6.07) is 11.8. The van der Waals surface area contributed by atoms with Crippen LogP contribution in [-0.2, 0) is 0 Å². The second-order valence-corrected chi connectivity index (χ2v) is 7.39. The Hall–Kier alpha value is -1.93. The summed E-state index contributed by atoms with van der Waals surface area (Å²) in [4.78, 5) is 14.1. The molecule has 3 aromatic rings. The van der Waals surface area contributed by atoms with Crippen LogP contribution in [0.1, 0.15) is 15.4 Å². The van der Waals surface area contributed by atoms with Gasteiger partial charge >= 0.3 is 0 Å². The maximum atomic E-state index is 12.5. The smallest absolute Gasteiger partial charge is 0.261 e. The number of carbonyl (C=O) groups excluding carboxylic acids is 1. The number of fused-ring (bicyclic) bond motifs is 1. The SMILES string of the molecule is Cc1nn(-c2ccccc2)c2sc(C(=O)NCC3CNCC3O)cc12.Cl. The molecule has 0 aliphatic carbocycles. The van der Waals surface area contributed by atoms with Crippen LogP contribution in [0.2, 0.25) is 0 Å². The zero-order valence-corrected chi connectivity index (χ0v) is 15.9. The van der Waals surface area contributed by atoms with Gasteiger partial charge in [-0.2, -0.15) is 5.10 Å². The molecule has 1 aliphatic heterocycles. The minimum Gasteiger partial charge on any atom is -0.391 e. The number of aliphatic hydroxyl groups is 1. The quantitative estimate of drug-likeness (QED) is 0.635. The zero-order chi connectivity index (χ0) is 17.4. The average molecular weight is 393 g/mol. The molecule has 2 aromatic heterocycles. The van der Waals surface area contributed by atoms with Gasteiger partial charge in [0.15, 0.2) is 0 Å². The van der Waals surface area contributed by atoms with Crippen LogP contribution in [0.5, 0.6) is 0 Å². The van der Waals surface area contributed by atoms with E-state index < -0.39 is 6.10 Å². The molecule has 1 aliphatic rings. The average Bonchev–Trinajstić information content (AvgIpc) is 3.31. The zero-order valence-electron chi connectivity index (χ0n) is 14.3. The Bertz CT molecular complexity index is 909. The molecule has 8 heteroatoms. The summed E-state index contributed by atoms with van der Waals surface area (Å²) in [5.41, 5.74) is 1.89. The maximum absolute atomic E-state index is 12.5. The minimum absolute atomic E-state index is 0. The molecule has 2 unspecified atom stereocenters. The number of benzene rings is 1. The Morgan fingerprint density at radius 3 is 2.85 bits per heavy atom. The summed E-state index contributed by atoms with van der Waals surface area (Å²) >= 11 is 1.44. The Morgan fingerprint density at radius 1 is 1.38 bits per heavy atom. The summed E-state index contributed by atoms with van der Waals surface area (Å²) in [5, 5.41) is 21.5. The van der Waals surface area contributed by atoms with Gasteiger partial charge in [-0.25, -0.2) is 4.68 Å². The van der Waals surface area contributed by atoms with Gasteiger partial charge in [0.2, 0.25) is 0 Å². The van der Waals surface area contributed by atoms with Crippen molar-refractivity contribution in [3.8, 4) is 5.69 Å². The number of nitrogens with one attached hydrogen (secondary N) is 2. The van der Waals surface area contributed by atoms with E-state index in [0.29, 0.717) is 18.0 Å². The fourth-order valence-corrected chi connectivity index (χ4v) is 4.24. The van der Waals surface area contributed by atoms with E-state index in [1.165, 1.54) is 11.3 Å². The molecule has 3 heterocycles. The van der Waals surface area contributed by atoms with E-state index >= 15 is 0 Å². The summed E-state index contributed by atoms with van der Waals surface area (Å²) in [6.45, 7) is 3.76. The van der Waals surface area contributed by atoms with E-state index in [9.17, 15) is 9.90 Å². The number of β-amino-alcohol motifs (C(OH)–C–C–N with tert-alkyl or cyclic N) is 1. The standard InChI is InChI=1S/C18H20N4O2S.ClH/c1-11-14-7-16(17(24)20-9-12-8-19-10-15(12)23)25-18(14)22(21-11)13-5-3-2-4-6-13;/h2-7,12,15,19,23H,8-10H2,1H3,(H,20,24);1H. The number of thiophene rings is 1. The van der Waals surface area contributed by atoms with E-state index in [1.54, 1.807) is 0 Å². The normalized spacial score (nSPS) is 19.5. The Morgan fingerprint density at radius 2 is 2.15 bits per heavy atom. The van der Waals surface area contributed by atoms with E-state index in [1.807, 2.05) is 48.0 Å². The van der Waals surface area contributed by atoms with E-state index in [4.69, 9.17) is 0 Å². The number of halogens is 1. The van der Waals surface area contributed by atoms with Crippen molar-refractivity contribution in [3.05, 3.63) is 47.0 Å². The van der Waals surface area contributed by atoms with Gasteiger partial charge in [0, 0.05) is 30.9 Å². The third-order valence-corrected chi connectivity index (χ3v) is 5.71. The second-order valence-electron chi connectivity index (χ2n) is 6.36. The number of aromatic nitrogens is 2. The number of carbonyl (C=O) groups is 1. The van der Waals surface area contributed by atoms with Gasteiger partial charge in [-0.1, -0.05) is 18.2 Å². The van der Waals surface area contributed by atoms with Crippen LogP contribution >= 0.6 is 23.7 Å². The lowest BCUT2D eigenvalue weighted by Gasteiger charge is -2.13. The van der Waals surface area contributed by atoms with Gasteiger partial charge in [-0.15, -0.1) is 23.7 Å². The molecule has 2 atom stereocenters. The molecule has 1 amide bonds. The van der Waals surface area contributed by atoms with Gasteiger partial charge < -0.3 is 15.7 Å². The topological polar surface area (TPSA) is 79.2 Å². The van der Waals surface area contributed by atoms with Crippen molar-refractivity contribution in [2.24, 2.45) is 5.92 Å². The van der Waals surface area contributed by atoms with E-state index in [-0.39, 0.29) is 24.2 Å². The lowest BCUT2D eigenvalue weighted by Crippen LogP contribution is -2.34. The van der Waals surface area contributed by atoms with Gasteiger partial charge in [-0.3, -0.25) is 4.79 Å². The number of rotatable bonds is 4.